The lowest BCUT2D eigenvalue weighted by Gasteiger charge is -2.17. The van der Waals surface area contributed by atoms with Crippen LogP contribution in [0.5, 0.6) is 11.6 Å². The van der Waals surface area contributed by atoms with Gasteiger partial charge in [0.15, 0.2) is 0 Å². The van der Waals surface area contributed by atoms with Gasteiger partial charge in [-0.3, -0.25) is 9.59 Å². The van der Waals surface area contributed by atoms with E-state index >= 15 is 0 Å². The molecule has 0 spiro atoms. The molecule has 1 atom stereocenters. The Kier molecular flexibility index (Phi) is 6.14. The highest BCUT2D eigenvalue weighted by Gasteiger charge is 2.16. The number of benzene rings is 1. The number of halogens is 1. The van der Waals surface area contributed by atoms with Crippen molar-refractivity contribution >= 4 is 17.5 Å². The summed E-state index contributed by atoms with van der Waals surface area (Å²) < 4.78 is 18.3. The van der Waals surface area contributed by atoms with Gasteiger partial charge in [-0.15, -0.1) is 0 Å². The molecular formula is C20H20FN3O3. The SMILES string of the molecule is O=C(NCC1CC=CCC1)C(=O)Nc1ccc(Oc2ccc(F)cc2)nc1. The topological polar surface area (TPSA) is 80.3 Å². The van der Waals surface area contributed by atoms with E-state index < -0.39 is 11.8 Å². The Hall–Kier alpha value is -3.22. The predicted octanol–water partition coefficient (Wildman–Crippen LogP) is 3.42. The van der Waals surface area contributed by atoms with Crippen LogP contribution >= 0.6 is 0 Å². The summed E-state index contributed by atoms with van der Waals surface area (Å²) >= 11 is 0. The number of hydrogen-bond donors (Lipinski definition) is 2. The number of hydrogen-bond acceptors (Lipinski definition) is 4. The van der Waals surface area contributed by atoms with Crippen molar-refractivity contribution in [2.24, 2.45) is 5.92 Å². The molecule has 1 aromatic carbocycles. The number of anilines is 1. The molecule has 140 valence electrons. The van der Waals surface area contributed by atoms with Gasteiger partial charge >= 0.3 is 11.8 Å². The van der Waals surface area contributed by atoms with E-state index in [1.807, 2.05) is 0 Å². The number of nitrogens with zero attached hydrogens (tertiary/aromatic N) is 1. The Morgan fingerprint density at radius 2 is 1.93 bits per heavy atom. The fraction of sp³-hybridized carbons (Fsp3) is 0.250. The van der Waals surface area contributed by atoms with Crippen molar-refractivity contribution in [2.45, 2.75) is 19.3 Å². The zero-order valence-corrected chi connectivity index (χ0v) is 14.7. The van der Waals surface area contributed by atoms with Crippen LogP contribution in [0, 0.1) is 11.7 Å². The number of carbonyl (C=O) groups excluding carboxylic acids is 2. The molecule has 3 rings (SSSR count). The van der Waals surface area contributed by atoms with E-state index in [1.54, 1.807) is 12.1 Å². The lowest BCUT2D eigenvalue weighted by Crippen LogP contribution is -2.38. The summed E-state index contributed by atoms with van der Waals surface area (Å²) in [5.74, 6) is -0.665. The highest BCUT2D eigenvalue weighted by Crippen LogP contribution is 2.20. The van der Waals surface area contributed by atoms with E-state index in [4.69, 9.17) is 4.74 Å². The van der Waals surface area contributed by atoms with Crippen molar-refractivity contribution in [3.63, 3.8) is 0 Å². The van der Waals surface area contributed by atoms with Crippen molar-refractivity contribution in [1.29, 1.82) is 0 Å². The number of aromatic nitrogens is 1. The molecule has 2 aromatic rings. The van der Waals surface area contributed by atoms with Gasteiger partial charge in [-0.1, -0.05) is 12.2 Å². The molecule has 0 aliphatic heterocycles. The summed E-state index contributed by atoms with van der Waals surface area (Å²) in [6.07, 6.45) is 8.54. The van der Waals surface area contributed by atoms with Gasteiger partial charge in [-0.2, -0.15) is 0 Å². The van der Waals surface area contributed by atoms with E-state index in [9.17, 15) is 14.0 Å². The van der Waals surface area contributed by atoms with Gasteiger partial charge in [0.1, 0.15) is 11.6 Å². The van der Waals surface area contributed by atoms with Crippen LogP contribution in [0.3, 0.4) is 0 Å². The summed E-state index contributed by atoms with van der Waals surface area (Å²) in [5.41, 5.74) is 0.377. The number of rotatable bonds is 5. The van der Waals surface area contributed by atoms with Crippen molar-refractivity contribution in [3.8, 4) is 11.6 Å². The normalized spacial score (nSPS) is 15.8. The highest BCUT2D eigenvalue weighted by molar-refractivity contribution is 6.39. The third-order valence-electron chi connectivity index (χ3n) is 4.17. The third kappa shape index (κ3) is 5.64. The number of carbonyl (C=O) groups is 2. The van der Waals surface area contributed by atoms with Crippen molar-refractivity contribution < 1.29 is 18.7 Å². The molecule has 1 heterocycles. The molecule has 6 nitrogen and oxygen atoms in total. The average Bonchev–Trinajstić information content (AvgIpc) is 2.70. The minimum atomic E-state index is -0.740. The minimum Gasteiger partial charge on any atom is -0.439 e. The highest BCUT2D eigenvalue weighted by atomic mass is 19.1. The number of pyridine rings is 1. The Bertz CT molecular complexity index is 819. The lowest BCUT2D eigenvalue weighted by atomic mass is 9.94. The number of nitrogens with one attached hydrogen (secondary N) is 2. The molecule has 2 amide bonds. The molecule has 2 N–H and O–H groups in total. The summed E-state index contributed by atoms with van der Waals surface area (Å²) in [6, 6.07) is 8.66. The van der Waals surface area contributed by atoms with Gasteiger partial charge in [0.25, 0.3) is 0 Å². The molecule has 1 aliphatic carbocycles. The number of amides is 2. The second-order valence-electron chi connectivity index (χ2n) is 6.26. The predicted molar refractivity (Wildman–Crippen MR) is 98.8 cm³/mol. The Morgan fingerprint density at radius 1 is 1.11 bits per heavy atom. The summed E-state index contributed by atoms with van der Waals surface area (Å²) in [7, 11) is 0. The van der Waals surface area contributed by atoms with Crippen LogP contribution in [0.15, 0.2) is 54.7 Å². The Balaban J connectivity index is 1.48. The number of allylic oxidation sites excluding steroid dienone is 2. The lowest BCUT2D eigenvalue weighted by molar-refractivity contribution is -0.136. The van der Waals surface area contributed by atoms with Crippen LogP contribution in [0.4, 0.5) is 10.1 Å². The summed E-state index contributed by atoms with van der Waals surface area (Å²) in [4.78, 5) is 27.9. The van der Waals surface area contributed by atoms with Crippen LogP contribution in [0.25, 0.3) is 0 Å². The zero-order chi connectivity index (χ0) is 19.1. The maximum atomic E-state index is 12.9. The molecule has 1 aromatic heterocycles. The van der Waals surface area contributed by atoms with E-state index in [-0.39, 0.29) is 11.7 Å². The molecule has 27 heavy (non-hydrogen) atoms. The first kappa shape index (κ1) is 18.6. The van der Waals surface area contributed by atoms with Gasteiger partial charge in [-0.05, 0) is 55.5 Å². The van der Waals surface area contributed by atoms with Crippen molar-refractivity contribution in [1.82, 2.24) is 10.3 Å². The molecule has 0 radical (unpaired) electrons. The second-order valence-corrected chi connectivity index (χ2v) is 6.26. The second kappa shape index (κ2) is 8.93. The van der Waals surface area contributed by atoms with Crippen LogP contribution in [0.2, 0.25) is 0 Å². The Labute approximate surface area is 156 Å². The van der Waals surface area contributed by atoms with E-state index in [0.29, 0.717) is 23.9 Å². The zero-order valence-electron chi connectivity index (χ0n) is 14.7. The molecule has 0 saturated carbocycles. The van der Waals surface area contributed by atoms with Gasteiger partial charge in [0.2, 0.25) is 5.88 Å². The Morgan fingerprint density at radius 3 is 2.59 bits per heavy atom. The number of ether oxygens (including phenoxy) is 1. The molecular weight excluding hydrogens is 349 g/mol. The van der Waals surface area contributed by atoms with E-state index in [2.05, 4.69) is 27.8 Å². The summed E-state index contributed by atoms with van der Waals surface area (Å²) in [6.45, 7) is 0.485. The van der Waals surface area contributed by atoms with Crippen LogP contribution in [-0.4, -0.2) is 23.3 Å². The molecule has 0 saturated heterocycles. The van der Waals surface area contributed by atoms with Crippen LogP contribution in [0.1, 0.15) is 19.3 Å². The monoisotopic (exact) mass is 369 g/mol. The molecule has 1 aliphatic rings. The molecule has 1 unspecified atom stereocenters. The molecule has 7 heteroatoms. The molecule has 0 bridgehead atoms. The largest absolute Gasteiger partial charge is 0.439 e. The standard InChI is InChI=1S/C20H20FN3O3/c21-15-6-9-17(10-7-15)27-18-11-8-16(13-22-18)24-20(26)19(25)23-12-14-4-2-1-3-5-14/h1-2,6-11,13-14H,3-5,12H2,(H,23,25)(H,24,26). The average molecular weight is 369 g/mol. The van der Waals surface area contributed by atoms with Gasteiger partial charge in [-0.25, -0.2) is 9.37 Å². The van der Waals surface area contributed by atoms with Gasteiger partial charge in [0.05, 0.1) is 11.9 Å². The van der Waals surface area contributed by atoms with Gasteiger partial charge in [0, 0.05) is 12.6 Å². The first-order valence-corrected chi connectivity index (χ1v) is 8.74. The van der Waals surface area contributed by atoms with E-state index in [0.717, 1.165) is 19.3 Å². The smallest absolute Gasteiger partial charge is 0.313 e. The van der Waals surface area contributed by atoms with E-state index in [1.165, 1.54) is 30.5 Å². The first-order chi connectivity index (χ1) is 13.1. The van der Waals surface area contributed by atoms with Gasteiger partial charge < -0.3 is 15.4 Å². The van der Waals surface area contributed by atoms with Crippen molar-refractivity contribution in [3.05, 3.63) is 60.6 Å². The maximum absolute atomic E-state index is 12.9. The fourth-order valence-corrected chi connectivity index (χ4v) is 2.68. The molecule has 0 fully saturated rings. The van der Waals surface area contributed by atoms with Crippen LogP contribution < -0.4 is 15.4 Å². The quantitative estimate of drug-likeness (QED) is 0.625. The summed E-state index contributed by atoms with van der Waals surface area (Å²) in [5, 5.41) is 5.16. The fourth-order valence-electron chi connectivity index (χ4n) is 2.68. The maximum Gasteiger partial charge on any atom is 0.313 e. The third-order valence-corrected chi connectivity index (χ3v) is 4.17. The van der Waals surface area contributed by atoms with Crippen LogP contribution in [-0.2, 0) is 9.59 Å². The van der Waals surface area contributed by atoms with Crippen molar-refractivity contribution in [2.75, 3.05) is 11.9 Å². The minimum absolute atomic E-state index is 0.286. The first-order valence-electron chi connectivity index (χ1n) is 8.74.